The molecule has 2 aliphatic rings. The van der Waals surface area contributed by atoms with Crippen molar-refractivity contribution in [1.82, 2.24) is 5.32 Å². The van der Waals surface area contributed by atoms with Crippen molar-refractivity contribution in [2.24, 2.45) is 11.8 Å². The Balaban J connectivity index is 0.000000200. The molecule has 1 N–H and O–H groups in total. The van der Waals surface area contributed by atoms with Crippen molar-refractivity contribution >= 4 is 0 Å². The van der Waals surface area contributed by atoms with Gasteiger partial charge < -0.3 is 10.1 Å². The van der Waals surface area contributed by atoms with Crippen LogP contribution in [0, 0.1) is 11.8 Å². The van der Waals surface area contributed by atoms with E-state index in [9.17, 15) is 0 Å². The average Bonchev–Trinajstić information content (AvgIpc) is 3.14. The van der Waals surface area contributed by atoms with E-state index in [1.165, 1.54) is 25.7 Å². The molecule has 0 amide bonds. The van der Waals surface area contributed by atoms with Crippen molar-refractivity contribution in [1.29, 1.82) is 0 Å². The topological polar surface area (TPSA) is 21.3 Å². The number of hydrogen-bond donors (Lipinski definition) is 1. The lowest BCUT2D eigenvalue weighted by Gasteiger charge is -2.23. The quantitative estimate of drug-likeness (QED) is 0.758. The number of nitrogens with one attached hydrogen (secondary N) is 1. The van der Waals surface area contributed by atoms with Gasteiger partial charge >= 0.3 is 0 Å². The summed E-state index contributed by atoms with van der Waals surface area (Å²) in [5.41, 5.74) is 0.794. The Morgan fingerprint density at radius 2 is 1.25 bits per heavy atom. The summed E-state index contributed by atoms with van der Waals surface area (Å²) < 4.78 is 5.81. The normalized spacial score (nSPS) is 22.2. The fourth-order valence-corrected chi connectivity index (χ4v) is 3.02. The van der Waals surface area contributed by atoms with Gasteiger partial charge in [-0.15, -0.1) is 0 Å². The van der Waals surface area contributed by atoms with Gasteiger partial charge in [0.25, 0.3) is 0 Å². The standard InChI is InChI=1S/C9H19N.C9H18O/c2*1-7(2)9(5-6-9)10-8(3)4/h7-8,10H,5-6H2,1-4H3;7-8H,5-6H2,1-4H3. The van der Waals surface area contributed by atoms with Crippen molar-refractivity contribution in [2.45, 2.75) is 104 Å². The van der Waals surface area contributed by atoms with Crippen molar-refractivity contribution in [3.63, 3.8) is 0 Å². The van der Waals surface area contributed by atoms with Crippen LogP contribution >= 0.6 is 0 Å². The molecule has 0 spiro atoms. The molecule has 0 bridgehead atoms. The Bertz CT molecular complexity index is 256. The van der Waals surface area contributed by atoms with Crippen LogP contribution in [0.15, 0.2) is 0 Å². The summed E-state index contributed by atoms with van der Waals surface area (Å²) in [5.74, 6) is 1.49. The van der Waals surface area contributed by atoms with Gasteiger partial charge in [-0.2, -0.15) is 0 Å². The predicted octanol–water partition coefficient (Wildman–Crippen LogP) is 4.77. The smallest absolute Gasteiger partial charge is 0.0710 e. The van der Waals surface area contributed by atoms with E-state index >= 15 is 0 Å². The van der Waals surface area contributed by atoms with Crippen LogP contribution in [0.3, 0.4) is 0 Å². The van der Waals surface area contributed by atoms with Crippen molar-refractivity contribution in [2.75, 3.05) is 0 Å². The van der Waals surface area contributed by atoms with Crippen LogP contribution in [0.1, 0.15) is 81.1 Å². The number of hydrogen-bond acceptors (Lipinski definition) is 2. The third-order valence-electron chi connectivity index (χ3n) is 4.74. The molecule has 20 heavy (non-hydrogen) atoms. The fourth-order valence-electron chi connectivity index (χ4n) is 3.02. The molecule has 0 aliphatic heterocycles. The molecule has 0 atom stereocenters. The minimum atomic E-state index is 0.272. The minimum absolute atomic E-state index is 0.272. The van der Waals surface area contributed by atoms with E-state index in [4.69, 9.17) is 4.74 Å². The molecule has 0 saturated heterocycles. The van der Waals surface area contributed by atoms with Gasteiger partial charge in [-0.1, -0.05) is 41.5 Å². The first kappa shape index (κ1) is 18.0. The molecule has 120 valence electrons. The van der Waals surface area contributed by atoms with E-state index in [-0.39, 0.29) is 5.60 Å². The largest absolute Gasteiger partial charge is 0.372 e. The Morgan fingerprint density at radius 1 is 0.750 bits per heavy atom. The van der Waals surface area contributed by atoms with Crippen LogP contribution in [0.5, 0.6) is 0 Å². The van der Waals surface area contributed by atoms with E-state index in [0.29, 0.717) is 23.6 Å². The van der Waals surface area contributed by atoms with E-state index < -0.39 is 0 Å². The molecule has 2 fully saturated rings. The molecule has 2 saturated carbocycles. The second-order valence-electron chi connectivity index (χ2n) is 8.00. The van der Waals surface area contributed by atoms with Gasteiger partial charge in [0.2, 0.25) is 0 Å². The van der Waals surface area contributed by atoms with Crippen LogP contribution in [0.2, 0.25) is 0 Å². The Morgan fingerprint density at radius 3 is 1.35 bits per heavy atom. The van der Waals surface area contributed by atoms with Gasteiger partial charge in [-0.3, -0.25) is 0 Å². The van der Waals surface area contributed by atoms with E-state index in [1.54, 1.807) is 0 Å². The second kappa shape index (κ2) is 6.79. The van der Waals surface area contributed by atoms with Crippen molar-refractivity contribution < 1.29 is 4.74 Å². The summed E-state index contributed by atoms with van der Waals surface area (Å²) in [7, 11) is 0. The zero-order valence-electron chi connectivity index (χ0n) is 15.0. The van der Waals surface area contributed by atoms with Gasteiger partial charge in [-0.05, 0) is 51.4 Å². The first-order valence-corrected chi connectivity index (χ1v) is 8.59. The van der Waals surface area contributed by atoms with Crippen molar-refractivity contribution in [3.8, 4) is 0 Å². The monoisotopic (exact) mass is 283 g/mol. The van der Waals surface area contributed by atoms with Crippen LogP contribution in [-0.2, 0) is 4.74 Å². The van der Waals surface area contributed by atoms with Gasteiger partial charge in [-0.25, -0.2) is 0 Å². The maximum atomic E-state index is 5.81. The van der Waals surface area contributed by atoms with E-state index in [0.717, 1.165) is 5.92 Å². The Hall–Kier alpha value is -0.0800. The predicted molar refractivity (Wildman–Crippen MR) is 88.1 cm³/mol. The van der Waals surface area contributed by atoms with Crippen LogP contribution in [0.4, 0.5) is 0 Å². The maximum absolute atomic E-state index is 5.81. The molecule has 0 heterocycles. The third-order valence-corrected chi connectivity index (χ3v) is 4.74. The van der Waals surface area contributed by atoms with E-state index in [1.807, 2.05) is 0 Å². The molecular weight excluding hydrogens is 246 g/mol. The van der Waals surface area contributed by atoms with Gasteiger partial charge in [0.05, 0.1) is 11.7 Å². The van der Waals surface area contributed by atoms with E-state index in [2.05, 4.69) is 60.7 Å². The Labute approximate surface area is 127 Å². The lowest BCUT2D eigenvalue weighted by Crippen LogP contribution is -2.40. The minimum Gasteiger partial charge on any atom is -0.372 e. The summed E-state index contributed by atoms with van der Waals surface area (Å²) in [5, 5.41) is 3.63. The average molecular weight is 284 g/mol. The zero-order chi connectivity index (χ0) is 15.6. The molecule has 0 aromatic rings. The zero-order valence-corrected chi connectivity index (χ0v) is 15.0. The first-order valence-electron chi connectivity index (χ1n) is 8.59. The summed E-state index contributed by atoms with van der Waals surface area (Å²) >= 11 is 0. The SMILES string of the molecule is CC(C)NC1(C(C)C)CC1.CC(C)OC1(C(C)C)CC1. The lowest BCUT2D eigenvalue weighted by atomic mass is 10.0. The highest BCUT2D eigenvalue weighted by molar-refractivity contribution is 5.04. The fraction of sp³-hybridized carbons (Fsp3) is 1.00. The summed E-state index contributed by atoms with van der Waals surface area (Å²) in [6.45, 7) is 17.8. The summed E-state index contributed by atoms with van der Waals surface area (Å²) in [4.78, 5) is 0. The highest BCUT2D eigenvalue weighted by atomic mass is 16.5. The van der Waals surface area contributed by atoms with Gasteiger partial charge in [0, 0.05) is 11.6 Å². The molecule has 0 unspecified atom stereocenters. The highest BCUT2D eigenvalue weighted by Crippen LogP contribution is 2.46. The summed E-state index contributed by atoms with van der Waals surface area (Å²) in [6.07, 6.45) is 5.68. The second-order valence-corrected chi connectivity index (χ2v) is 8.00. The van der Waals surface area contributed by atoms with Crippen LogP contribution < -0.4 is 5.32 Å². The highest BCUT2D eigenvalue weighted by Gasteiger charge is 2.47. The molecule has 2 aliphatic carbocycles. The molecule has 0 aromatic carbocycles. The van der Waals surface area contributed by atoms with Gasteiger partial charge in [0.1, 0.15) is 0 Å². The molecule has 2 rings (SSSR count). The number of rotatable bonds is 6. The molecule has 2 nitrogen and oxygen atoms in total. The van der Waals surface area contributed by atoms with Gasteiger partial charge in [0.15, 0.2) is 0 Å². The van der Waals surface area contributed by atoms with Crippen LogP contribution in [-0.4, -0.2) is 23.3 Å². The van der Waals surface area contributed by atoms with Crippen molar-refractivity contribution in [3.05, 3.63) is 0 Å². The number of ether oxygens (including phenoxy) is 1. The molecular formula is C18H37NO. The van der Waals surface area contributed by atoms with Crippen LogP contribution in [0.25, 0.3) is 0 Å². The Kier molecular flexibility index (Phi) is 6.10. The molecule has 0 aromatic heterocycles. The first-order chi connectivity index (χ1) is 9.13. The molecule has 2 heteroatoms. The summed E-state index contributed by atoms with van der Waals surface area (Å²) in [6, 6.07) is 0.643. The third kappa shape index (κ3) is 5.04. The maximum Gasteiger partial charge on any atom is 0.0710 e. The molecule has 0 radical (unpaired) electrons. The lowest BCUT2D eigenvalue weighted by molar-refractivity contribution is -0.0382.